The summed E-state index contributed by atoms with van der Waals surface area (Å²) in [6.45, 7) is 17.1. The fraction of sp³-hybridized carbons (Fsp3) is 1.00. The number of nitrogens with zero attached hydrogens (tertiary/aromatic N) is 1. The zero-order valence-electron chi connectivity index (χ0n) is 12.1. The molecule has 2 radical (unpaired) electrons. The molecule has 0 aliphatic heterocycles. The lowest BCUT2D eigenvalue weighted by Crippen LogP contribution is -2.47. The number of quaternary nitrogens is 1. The first-order chi connectivity index (χ1) is 7.66. The highest BCUT2D eigenvalue weighted by atomic mass is 16.4. The number of unbranched alkanes of at least 4 members (excludes halogenated alkanes) is 2. The van der Waals surface area contributed by atoms with Crippen molar-refractivity contribution in [1.82, 2.24) is 0 Å². The van der Waals surface area contributed by atoms with E-state index in [4.69, 9.17) is 8.05 Å². The van der Waals surface area contributed by atoms with Gasteiger partial charge in [-0.25, -0.2) is 0 Å². The minimum atomic E-state index is 0.702. The normalized spacial score (nSPS) is 10.8. The Hall–Kier alpha value is -0.0151. The molecule has 0 amide bonds. The van der Waals surface area contributed by atoms with Gasteiger partial charge in [0.25, 0.3) is 8.05 Å². The lowest BCUT2D eigenvalue weighted by Gasteiger charge is -2.34. The highest BCUT2D eigenvalue weighted by molar-refractivity contribution is 5.97. The molecule has 0 spiro atoms. The molecule has 3 heteroatoms. The molecule has 0 rings (SSSR count). The first kappa shape index (κ1) is 18.4. The van der Waals surface area contributed by atoms with Gasteiger partial charge >= 0.3 is 0 Å². The summed E-state index contributed by atoms with van der Waals surface area (Å²) in [4.78, 5) is 0. The standard InChI is InChI=1S/C8H20N.C5H11BO/c1-5-9(6-2,7-3)8-4;1-2-3-4-5-7-6/h5-8H2,1-4H3;2-5H2,1H3/q+1;. The predicted octanol–water partition coefficient (Wildman–Crippen LogP) is 3.16. The van der Waals surface area contributed by atoms with Crippen molar-refractivity contribution in [2.24, 2.45) is 0 Å². The largest absolute Gasteiger partial charge is 0.448 e. The number of hydrogen-bond acceptors (Lipinski definition) is 1. The molecule has 0 aromatic rings. The Bertz CT molecular complexity index is 106. The Balaban J connectivity index is 0. The second-order valence-corrected chi connectivity index (χ2v) is 4.18. The molecule has 96 valence electrons. The average Bonchev–Trinajstić information content (AvgIpc) is 2.34. The topological polar surface area (TPSA) is 9.23 Å². The zero-order valence-corrected chi connectivity index (χ0v) is 12.1. The van der Waals surface area contributed by atoms with E-state index in [0.29, 0.717) is 6.61 Å². The summed E-state index contributed by atoms with van der Waals surface area (Å²) in [5.74, 6) is 0. The Morgan fingerprint density at radius 1 is 0.812 bits per heavy atom. The molecule has 16 heavy (non-hydrogen) atoms. The molecule has 0 fully saturated rings. The molecule has 0 saturated carbocycles. The Kier molecular flexibility index (Phi) is 15.0. The summed E-state index contributed by atoms with van der Waals surface area (Å²) in [6, 6.07) is 0. The van der Waals surface area contributed by atoms with Gasteiger partial charge < -0.3 is 9.14 Å². The van der Waals surface area contributed by atoms with Crippen LogP contribution in [0.25, 0.3) is 0 Å². The Morgan fingerprint density at radius 3 is 1.44 bits per heavy atom. The molecule has 0 N–H and O–H groups in total. The maximum atomic E-state index is 4.77. The summed E-state index contributed by atoms with van der Waals surface area (Å²) >= 11 is 0. The van der Waals surface area contributed by atoms with E-state index >= 15 is 0 Å². The van der Waals surface area contributed by atoms with Gasteiger partial charge in [0.15, 0.2) is 0 Å². The van der Waals surface area contributed by atoms with Gasteiger partial charge in [-0.3, -0.25) is 0 Å². The maximum absolute atomic E-state index is 4.77. The number of rotatable bonds is 8. The lowest BCUT2D eigenvalue weighted by molar-refractivity contribution is -0.921. The molecule has 0 aliphatic rings. The third-order valence-electron chi connectivity index (χ3n) is 3.55. The molecule has 0 unspecified atom stereocenters. The molecule has 0 heterocycles. The minimum Gasteiger partial charge on any atom is -0.448 e. The summed E-state index contributed by atoms with van der Waals surface area (Å²) < 4.78 is 5.62. The van der Waals surface area contributed by atoms with Crippen LogP contribution in [0.15, 0.2) is 0 Å². The van der Waals surface area contributed by atoms with Crippen LogP contribution in [0.1, 0.15) is 53.9 Å². The van der Waals surface area contributed by atoms with E-state index < -0.39 is 0 Å². The first-order valence-corrected chi connectivity index (χ1v) is 6.82. The van der Waals surface area contributed by atoms with Gasteiger partial charge in [0.05, 0.1) is 26.2 Å². The summed E-state index contributed by atoms with van der Waals surface area (Å²) in [5.41, 5.74) is 0. The first-order valence-electron chi connectivity index (χ1n) is 6.82. The van der Waals surface area contributed by atoms with Crippen molar-refractivity contribution in [1.29, 1.82) is 0 Å². The van der Waals surface area contributed by atoms with Crippen LogP contribution in [0.4, 0.5) is 0 Å². The van der Waals surface area contributed by atoms with Crippen molar-refractivity contribution in [2.45, 2.75) is 53.9 Å². The van der Waals surface area contributed by atoms with Crippen LogP contribution in [0.5, 0.6) is 0 Å². The van der Waals surface area contributed by atoms with Crippen LogP contribution in [-0.2, 0) is 4.65 Å². The molecule has 0 saturated heterocycles. The van der Waals surface area contributed by atoms with Crippen molar-refractivity contribution in [3.05, 3.63) is 0 Å². The molecule has 0 aromatic carbocycles. The van der Waals surface area contributed by atoms with Gasteiger partial charge in [-0.2, -0.15) is 0 Å². The van der Waals surface area contributed by atoms with E-state index in [1.54, 1.807) is 0 Å². The van der Waals surface area contributed by atoms with Crippen molar-refractivity contribution in [3.63, 3.8) is 0 Å². The van der Waals surface area contributed by atoms with E-state index in [2.05, 4.69) is 39.3 Å². The van der Waals surface area contributed by atoms with Gasteiger partial charge in [0.2, 0.25) is 0 Å². The predicted molar refractivity (Wildman–Crippen MR) is 73.7 cm³/mol. The summed E-state index contributed by atoms with van der Waals surface area (Å²) in [6.07, 6.45) is 3.54. The highest BCUT2D eigenvalue weighted by Crippen LogP contribution is 2.03. The monoisotopic (exact) mass is 228 g/mol. The van der Waals surface area contributed by atoms with Gasteiger partial charge in [0.1, 0.15) is 0 Å². The van der Waals surface area contributed by atoms with Crippen LogP contribution >= 0.6 is 0 Å². The van der Waals surface area contributed by atoms with Crippen molar-refractivity contribution < 1.29 is 9.14 Å². The zero-order chi connectivity index (χ0) is 12.9. The van der Waals surface area contributed by atoms with Crippen LogP contribution in [-0.4, -0.2) is 45.3 Å². The van der Waals surface area contributed by atoms with E-state index in [0.717, 1.165) is 6.42 Å². The fourth-order valence-electron chi connectivity index (χ4n) is 1.78. The quantitative estimate of drug-likeness (QED) is 0.352. The smallest absolute Gasteiger partial charge is 0.282 e. The summed E-state index contributed by atoms with van der Waals surface area (Å²) in [5, 5.41) is 0. The van der Waals surface area contributed by atoms with E-state index in [-0.39, 0.29) is 0 Å². The average molecular weight is 228 g/mol. The second-order valence-electron chi connectivity index (χ2n) is 4.18. The molecule has 0 aliphatic carbocycles. The second kappa shape index (κ2) is 13.1. The van der Waals surface area contributed by atoms with Gasteiger partial charge in [0, 0.05) is 6.61 Å². The molecular formula is C13H31BNO+. The Labute approximate surface area is 104 Å². The van der Waals surface area contributed by atoms with Crippen LogP contribution in [0.3, 0.4) is 0 Å². The van der Waals surface area contributed by atoms with E-state index in [1.807, 2.05) is 0 Å². The van der Waals surface area contributed by atoms with Gasteiger partial charge in [-0.15, -0.1) is 0 Å². The Morgan fingerprint density at radius 2 is 1.25 bits per heavy atom. The lowest BCUT2D eigenvalue weighted by atomic mass is 10.3. The number of hydrogen-bond donors (Lipinski definition) is 0. The fourth-order valence-corrected chi connectivity index (χ4v) is 1.78. The highest BCUT2D eigenvalue weighted by Gasteiger charge is 2.16. The van der Waals surface area contributed by atoms with Crippen molar-refractivity contribution in [2.75, 3.05) is 32.8 Å². The van der Waals surface area contributed by atoms with Gasteiger partial charge in [-0.1, -0.05) is 19.8 Å². The molecule has 0 atom stereocenters. The van der Waals surface area contributed by atoms with Gasteiger partial charge in [-0.05, 0) is 34.1 Å². The van der Waals surface area contributed by atoms with Crippen LogP contribution < -0.4 is 0 Å². The molecule has 0 aromatic heterocycles. The van der Waals surface area contributed by atoms with Crippen LogP contribution in [0, 0.1) is 0 Å². The third kappa shape index (κ3) is 9.23. The third-order valence-corrected chi connectivity index (χ3v) is 3.55. The summed E-state index contributed by atoms with van der Waals surface area (Å²) in [7, 11) is 4.77. The molecule has 2 nitrogen and oxygen atoms in total. The minimum absolute atomic E-state index is 0.702. The maximum Gasteiger partial charge on any atom is 0.282 e. The van der Waals surface area contributed by atoms with Crippen LogP contribution in [0.2, 0.25) is 0 Å². The SMILES string of the molecule is CC[N+](CC)(CC)CC.[B]OCCCCC. The van der Waals surface area contributed by atoms with Crippen molar-refractivity contribution in [3.8, 4) is 0 Å². The van der Waals surface area contributed by atoms with E-state index in [9.17, 15) is 0 Å². The van der Waals surface area contributed by atoms with Crippen molar-refractivity contribution >= 4 is 8.05 Å². The molecule has 0 bridgehead atoms. The van der Waals surface area contributed by atoms with E-state index in [1.165, 1.54) is 43.5 Å². The molecular weight excluding hydrogens is 197 g/mol.